The Morgan fingerprint density at radius 2 is 0.775 bits per heavy atom. The lowest BCUT2D eigenvalue weighted by Crippen LogP contribution is -2.61. The van der Waals surface area contributed by atoms with Crippen LogP contribution in [0.5, 0.6) is 0 Å². The quantitative estimate of drug-likeness (QED) is 0.211. The number of hydrogen-bond donors (Lipinski definition) is 2. The molecule has 2 aliphatic heterocycles. The first-order valence-corrected chi connectivity index (χ1v) is 13.1. The van der Waals surface area contributed by atoms with Gasteiger partial charge in [0.1, 0.15) is 30.4 Å². The first kappa shape index (κ1) is 26.2. The molecule has 0 radical (unpaired) electrons. The fourth-order valence-corrected chi connectivity index (χ4v) is 6.36. The summed E-state index contributed by atoms with van der Waals surface area (Å²) in [4.78, 5) is 5.33. The van der Waals surface area contributed by atoms with Gasteiger partial charge in [0, 0.05) is 58.3 Å². The molecule has 4 unspecified atom stereocenters. The van der Waals surface area contributed by atoms with Crippen molar-refractivity contribution < 1.29 is 22.4 Å². The van der Waals surface area contributed by atoms with Crippen LogP contribution in [-0.2, 0) is 4.84 Å². The summed E-state index contributed by atoms with van der Waals surface area (Å²) in [7, 11) is 1.39. The van der Waals surface area contributed by atoms with Gasteiger partial charge in [0.25, 0.3) is 0 Å². The average molecular weight is 546 g/mol. The number of fused-ring (bicyclic) bond motifs is 2. The van der Waals surface area contributed by atoms with Crippen LogP contribution in [0.25, 0.3) is 0 Å². The highest BCUT2D eigenvalue weighted by Gasteiger charge is 2.55. The summed E-state index contributed by atoms with van der Waals surface area (Å²) in [5.74, 6) is -3.19. The van der Waals surface area contributed by atoms with E-state index in [1.165, 1.54) is 31.4 Å². The van der Waals surface area contributed by atoms with Crippen molar-refractivity contribution in [1.82, 2.24) is 10.6 Å². The summed E-state index contributed by atoms with van der Waals surface area (Å²) in [6.45, 7) is 0. The minimum Gasteiger partial charge on any atom is -0.399 e. The molecule has 40 heavy (non-hydrogen) atoms. The maximum Gasteiger partial charge on any atom is 0.128 e. The van der Waals surface area contributed by atoms with Crippen LogP contribution in [0.4, 0.5) is 17.6 Å². The molecule has 0 saturated carbocycles. The molecule has 2 aliphatic rings. The van der Waals surface area contributed by atoms with Crippen molar-refractivity contribution in [3.8, 4) is 0 Å². The van der Waals surface area contributed by atoms with E-state index in [0.29, 0.717) is 28.0 Å². The maximum atomic E-state index is 15.4. The van der Waals surface area contributed by atoms with Crippen molar-refractivity contribution in [2.45, 2.75) is 24.2 Å². The van der Waals surface area contributed by atoms with Gasteiger partial charge in [-0.25, -0.2) is 17.6 Å². The van der Waals surface area contributed by atoms with Gasteiger partial charge in [-0.15, -0.1) is 0 Å². The van der Waals surface area contributed by atoms with Crippen molar-refractivity contribution in [3.63, 3.8) is 0 Å². The smallest absolute Gasteiger partial charge is 0.128 e. The fraction of sp³-hybridized carbons (Fsp3) is 0.219. The molecule has 4 atom stereocenters. The van der Waals surface area contributed by atoms with Gasteiger partial charge in [0.05, 0.1) is 5.71 Å². The molecule has 4 aromatic carbocycles. The highest BCUT2D eigenvalue weighted by molar-refractivity contribution is 5.93. The molecule has 0 aromatic heterocycles. The molecule has 6 rings (SSSR count). The highest BCUT2D eigenvalue weighted by Crippen LogP contribution is 2.53. The van der Waals surface area contributed by atoms with Crippen LogP contribution in [0.2, 0.25) is 0 Å². The number of nitrogens with zero attached hydrogens (tertiary/aromatic N) is 1. The second kappa shape index (κ2) is 10.9. The Kier molecular flexibility index (Phi) is 7.12. The van der Waals surface area contributed by atoms with E-state index < -0.39 is 59.3 Å². The topological polar surface area (TPSA) is 45.6 Å². The molecule has 2 bridgehead atoms. The average Bonchev–Trinajstić information content (AvgIpc) is 2.95. The summed E-state index contributed by atoms with van der Waals surface area (Å²) < 4.78 is 61.6. The van der Waals surface area contributed by atoms with E-state index in [1.807, 2.05) is 0 Å². The fourth-order valence-electron chi connectivity index (χ4n) is 6.36. The molecule has 0 aliphatic carbocycles. The summed E-state index contributed by atoms with van der Waals surface area (Å²) in [6.07, 6.45) is 0. The molecule has 2 heterocycles. The van der Waals surface area contributed by atoms with Gasteiger partial charge in [-0.3, -0.25) is 0 Å². The van der Waals surface area contributed by atoms with Crippen molar-refractivity contribution >= 4 is 5.71 Å². The van der Waals surface area contributed by atoms with Gasteiger partial charge >= 0.3 is 0 Å². The molecular formula is C32H27F4N3O. The third-order valence-electron chi connectivity index (χ3n) is 8.00. The van der Waals surface area contributed by atoms with Crippen LogP contribution in [0, 0.1) is 35.1 Å². The van der Waals surface area contributed by atoms with E-state index in [-0.39, 0.29) is 0 Å². The van der Waals surface area contributed by atoms with Crippen LogP contribution in [0.1, 0.15) is 46.4 Å². The molecule has 0 amide bonds. The molecule has 4 aromatic rings. The predicted octanol–water partition coefficient (Wildman–Crippen LogP) is 6.95. The number of nitrogens with one attached hydrogen (secondary N) is 2. The second-order valence-electron chi connectivity index (χ2n) is 10.1. The van der Waals surface area contributed by atoms with E-state index in [9.17, 15) is 0 Å². The zero-order valence-corrected chi connectivity index (χ0v) is 21.6. The molecule has 204 valence electrons. The molecular weight excluding hydrogens is 518 g/mol. The molecule has 0 spiro atoms. The minimum absolute atomic E-state index is 0.323. The standard InChI is InChI=1S/C32H27F4N3O/c1-40-39-32-26-28(18-10-2-6-14-22(18)33)37-30(20-12-4-8-16-24(20)35)27(32)31(21-13-5-9-17-25(21)36)38-29(26)19-11-3-7-15-23(19)34/h2-17,26-31,37-38H,1H3. The predicted molar refractivity (Wildman–Crippen MR) is 144 cm³/mol. The first-order chi connectivity index (χ1) is 19.5. The van der Waals surface area contributed by atoms with Gasteiger partial charge in [0.15, 0.2) is 0 Å². The largest absolute Gasteiger partial charge is 0.399 e. The monoisotopic (exact) mass is 545 g/mol. The summed E-state index contributed by atoms with van der Waals surface area (Å²) >= 11 is 0. The van der Waals surface area contributed by atoms with Gasteiger partial charge in [-0.2, -0.15) is 0 Å². The van der Waals surface area contributed by atoms with Crippen molar-refractivity contribution in [2.75, 3.05) is 7.11 Å². The Morgan fingerprint density at radius 3 is 1.02 bits per heavy atom. The number of rotatable bonds is 5. The SMILES string of the molecule is CON=C1C2C(c3ccccc3F)NC(c3ccccc3F)C1C(c1ccccc1F)NC2c1ccccc1F. The van der Waals surface area contributed by atoms with Gasteiger partial charge in [0.2, 0.25) is 0 Å². The highest BCUT2D eigenvalue weighted by atomic mass is 19.1. The van der Waals surface area contributed by atoms with Gasteiger partial charge in [-0.1, -0.05) is 78.0 Å². The lowest BCUT2D eigenvalue weighted by molar-refractivity contribution is 0.133. The molecule has 2 N–H and O–H groups in total. The number of piperidine rings is 2. The van der Waals surface area contributed by atoms with E-state index in [1.54, 1.807) is 72.8 Å². The molecule has 2 saturated heterocycles. The van der Waals surface area contributed by atoms with Crippen molar-refractivity contribution in [2.24, 2.45) is 17.0 Å². The molecule has 2 fully saturated rings. The number of halogens is 4. The van der Waals surface area contributed by atoms with E-state index in [4.69, 9.17) is 4.84 Å². The summed E-state index contributed by atoms with van der Waals surface area (Å²) in [5.41, 5.74) is 1.75. The lowest BCUT2D eigenvalue weighted by Gasteiger charge is -2.54. The number of hydrogen-bond acceptors (Lipinski definition) is 4. The van der Waals surface area contributed by atoms with E-state index >= 15 is 17.6 Å². The number of oxime groups is 1. The lowest BCUT2D eigenvalue weighted by atomic mass is 9.63. The van der Waals surface area contributed by atoms with Gasteiger partial charge in [-0.05, 0) is 24.3 Å². The van der Waals surface area contributed by atoms with E-state index in [2.05, 4.69) is 15.8 Å². The zero-order valence-electron chi connectivity index (χ0n) is 21.6. The Labute approximate surface area is 229 Å². The Balaban J connectivity index is 1.63. The second-order valence-corrected chi connectivity index (χ2v) is 10.1. The third kappa shape index (κ3) is 4.47. The Morgan fingerprint density at radius 1 is 0.500 bits per heavy atom. The van der Waals surface area contributed by atoms with Crippen LogP contribution >= 0.6 is 0 Å². The molecule has 8 heteroatoms. The summed E-state index contributed by atoms with van der Waals surface area (Å²) in [5, 5.41) is 11.4. The zero-order chi connectivity index (χ0) is 27.8. The van der Waals surface area contributed by atoms with Crippen LogP contribution in [0.3, 0.4) is 0 Å². The first-order valence-electron chi connectivity index (χ1n) is 13.1. The normalized spacial score (nSPS) is 25.9. The Bertz CT molecular complexity index is 1350. The minimum atomic E-state index is -0.755. The van der Waals surface area contributed by atoms with Crippen LogP contribution < -0.4 is 10.6 Å². The van der Waals surface area contributed by atoms with Crippen molar-refractivity contribution in [3.05, 3.63) is 143 Å². The van der Waals surface area contributed by atoms with Gasteiger partial charge < -0.3 is 15.5 Å². The van der Waals surface area contributed by atoms with E-state index in [0.717, 1.165) is 0 Å². The number of benzene rings is 4. The third-order valence-corrected chi connectivity index (χ3v) is 8.00. The van der Waals surface area contributed by atoms with Crippen molar-refractivity contribution in [1.29, 1.82) is 0 Å². The van der Waals surface area contributed by atoms with Crippen LogP contribution in [0.15, 0.2) is 102 Å². The Hall–Kier alpha value is -4.01. The maximum absolute atomic E-state index is 15.4. The summed E-state index contributed by atoms with van der Waals surface area (Å²) in [6, 6.07) is 22.2. The molecule has 4 nitrogen and oxygen atoms in total. The van der Waals surface area contributed by atoms with Crippen LogP contribution in [-0.4, -0.2) is 12.8 Å².